The molecule has 11 heteroatoms. The third kappa shape index (κ3) is 9.26. The van der Waals surface area contributed by atoms with Crippen molar-refractivity contribution in [1.82, 2.24) is 25.5 Å². The lowest BCUT2D eigenvalue weighted by atomic mass is 10.0. The molecule has 2 heterocycles. The summed E-state index contributed by atoms with van der Waals surface area (Å²) in [5, 5.41) is 9.22. The van der Waals surface area contributed by atoms with Gasteiger partial charge in [0, 0.05) is 45.0 Å². The zero-order valence-electron chi connectivity index (χ0n) is 18.5. The zero-order chi connectivity index (χ0) is 22.7. The lowest BCUT2D eigenvalue weighted by molar-refractivity contribution is -0.141. The van der Waals surface area contributed by atoms with Gasteiger partial charge in [-0.1, -0.05) is 13.8 Å². The van der Waals surface area contributed by atoms with Crippen molar-refractivity contribution in [3.8, 4) is 0 Å². The van der Waals surface area contributed by atoms with Crippen molar-refractivity contribution in [2.75, 3.05) is 57.8 Å². The number of nitrogens with zero attached hydrogens (tertiary/aromatic N) is 4. The Balaban J connectivity index is 1.87. The average Bonchev–Trinajstić information content (AvgIpc) is 2.74. The van der Waals surface area contributed by atoms with E-state index in [1.54, 1.807) is 0 Å². The number of halogens is 3. The Hall–Kier alpha value is -2.14. The Morgan fingerprint density at radius 1 is 1.23 bits per heavy atom. The van der Waals surface area contributed by atoms with Crippen LogP contribution >= 0.6 is 0 Å². The summed E-state index contributed by atoms with van der Waals surface area (Å²) in [5.41, 5.74) is -0.966. The summed E-state index contributed by atoms with van der Waals surface area (Å²) < 4.78 is 43.7. The summed E-state index contributed by atoms with van der Waals surface area (Å²) in [5.74, 6) is 1.19. The highest BCUT2D eigenvalue weighted by molar-refractivity contribution is 5.79. The monoisotopic (exact) mass is 445 g/mol. The summed E-state index contributed by atoms with van der Waals surface area (Å²) >= 11 is 0. The van der Waals surface area contributed by atoms with Gasteiger partial charge >= 0.3 is 6.18 Å². The van der Waals surface area contributed by atoms with Gasteiger partial charge in [0.15, 0.2) is 5.96 Å². The van der Waals surface area contributed by atoms with E-state index in [1.807, 2.05) is 6.92 Å². The number of hydrogen-bond donors (Lipinski definition) is 3. The molecule has 1 unspecified atom stereocenters. The van der Waals surface area contributed by atoms with E-state index < -0.39 is 11.9 Å². The first kappa shape index (κ1) is 25.1. The van der Waals surface area contributed by atoms with E-state index in [0.717, 1.165) is 45.0 Å². The Morgan fingerprint density at radius 3 is 2.61 bits per heavy atom. The molecular formula is C20H34F3N7O. The average molecular weight is 446 g/mol. The molecule has 0 bridgehead atoms. The Kier molecular flexibility index (Phi) is 10.3. The van der Waals surface area contributed by atoms with Gasteiger partial charge in [-0.15, -0.1) is 0 Å². The summed E-state index contributed by atoms with van der Waals surface area (Å²) in [6, 6.07) is 1.19. The Morgan fingerprint density at radius 2 is 1.97 bits per heavy atom. The van der Waals surface area contributed by atoms with Gasteiger partial charge in [-0.05, 0) is 25.3 Å². The van der Waals surface area contributed by atoms with E-state index in [4.69, 9.17) is 9.73 Å². The molecule has 1 aromatic heterocycles. The van der Waals surface area contributed by atoms with Crippen LogP contribution in [0.4, 0.5) is 19.1 Å². The van der Waals surface area contributed by atoms with Gasteiger partial charge in [0.2, 0.25) is 5.95 Å². The van der Waals surface area contributed by atoms with Crippen LogP contribution in [-0.4, -0.2) is 79.4 Å². The van der Waals surface area contributed by atoms with Gasteiger partial charge in [0.25, 0.3) is 0 Å². The molecule has 0 radical (unpaired) electrons. The number of ether oxygens (including phenoxy) is 1. The van der Waals surface area contributed by atoms with Crippen molar-refractivity contribution < 1.29 is 17.9 Å². The normalized spacial score (nSPS) is 16.9. The molecule has 1 fully saturated rings. The number of alkyl halides is 3. The van der Waals surface area contributed by atoms with Gasteiger partial charge in [-0.3, -0.25) is 9.89 Å². The number of aliphatic imine (C=N–C) groups is 1. The van der Waals surface area contributed by atoms with Crippen molar-refractivity contribution in [3.63, 3.8) is 0 Å². The van der Waals surface area contributed by atoms with E-state index in [0.29, 0.717) is 44.1 Å². The SMILES string of the molecule is CCNC(=NCC(CC(C)C)N1CCOCC1)NCCNc1nccc(C(F)(F)F)n1. The van der Waals surface area contributed by atoms with Crippen LogP contribution in [-0.2, 0) is 10.9 Å². The van der Waals surface area contributed by atoms with Gasteiger partial charge in [-0.25, -0.2) is 9.97 Å². The van der Waals surface area contributed by atoms with Crippen molar-refractivity contribution in [1.29, 1.82) is 0 Å². The standard InChI is InChI=1S/C20H34F3N7O/c1-4-24-18(28-14-16(13-15(2)3)30-9-11-31-12-10-30)26-7-8-27-19-25-6-5-17(29-19)20(21,22)23/h5-6,15-16H,4,7-14H2,1-3H3,(H2,24,26,28)(H,25,27,29). The molecule has 3 N–H and O–H groups in total. The number of hydrogen-bond acceptors (Lipinski definition) is 6. The molecular weight excluding hydrogens is 411 g/mol. The second-order valence-corrected chi connectivity index (χ2v) is 7.77. The maximum absolute atomic E-state index is 12.7. The summed E-state index contributed by atoms with van der Waals surface area (Å²) in [6.07, 6.45) is -2.34. The van der Waals surface area contributed by atoms with Crippen molar-refractivity contribution in [3.05, 3.63) is 18.0 Å². The fourth-order valence-electron chi connectivity index (χ4n) is 3.32. The van der Waals surface area contributed by atoms with Gasteiger partial charge in [0.05, 0.1) is 19.8 Å². The molecule has 1 aromatic rings. The van der Waals surface area contributed by atoms with Crippen molar-refractivity contribution in [2.24, 2.45) is 10.9 Å². The smallest absolute Gasteiger partial charge is 0.379 e. The molecule has 0 aliphatic carbocycles. The van der Waals surface area contributed by atoms with E-state index in [1.165, 1.54) is 0 Å². The first-order chi connectivity index (χ1) is 14.8. The van der Waals surface area contributed by atoms with Gasteiger partial charge in [-0.2, -0.15) is 13.2 Å². The molecule has 0 spiro atoms. The largest absolute Gasteiger partial charge is 0.433 e. The predicted molar refractivity (Wildman–Crippen MR) is 115 cm³/mol. The topological polar surface area (TPSA) is 86.7 Å². The first-order valence-electron chi connectivity index (χ1n) is 10.8. The second kappa shape index (κ2) is 12.7. The number of nitrogens with one attached hydrogen (secondary N) is 3. The highest BCUT2D eigenvalue weighted by Gasteiger charge is 2.32. The first-order valence-corrected chi connectivity index (χ1v) is 10.8. The minimum absolute atomic E-state index is 0.0529. The molecule has 31 heavy (non-hydrogen) atoms. The minimum Gasteiger partial charge on any atom is -0.379 e. The van der Waals surface area contributed by atoms with Crippen LogP contribution in [0.1, 0.15) is 32.9 Å². The van der Waals surface area contributed by atoms with Crippen LogP contribution in [0, 0.1) is 5.92 Å². The van der Waals surface area contributed by atoms with Gasteiger partial charge in [0.1, 0.15) is 5.69 Å². The van der Waals surface area contributed by atoms with Crippen LogP contribution in [0.25, 0.3) is 0 Å². The molecule has 1 saturated heterocycles. The van der Waals surface area contributed by atoms with Crippen LogP contribution in [0.15, 0.2) is 17.3 Å². The fourth-order valence-corrected chi connectivity index (χ4v) is 3.32. The number of anilines is 1. The van der Waals surface area contributed by atoms with E-state index in [-0.39, 0.29) is 5.95 Å². The molecule has 8 nitrogen and oxygen atoms in total. The zero-order valence-corrected chi connectivity index (χ0v) is 18.5. The maximum Gasteiger partial charge on any atom is 0.433 e. The van der Waals surface area contributed by atoms with Crippen LogP contribution in [0.5, 0.6) is 0 Å². The number of guanidine groups is 1. The lowest BCUT2D eigenvalue weighted by Gasteiger charge is -2.34. The third-order valence-corrected chi connectivity index (χ3v) is 4.76. The van der Waals surface area contributed by atoms with E-state index in [2.05, 4.69) is 44.7 Å². The predicted octanol–water partition coefficient (Wildman–Crippen LogP) is 2.21. The Labute approximate surface area is 182 Å². The van der Waals surface area contributed by atoms with E-state index in [9.17, 15) is 13.2 Å². The third-order valence-electron chi connectivity index (χ3n) is 4.76. The fraction of sp³-hybridized carbons (Fsp3) is 0.750. The Bertz CT molecular complexity index is 679. The van der Waals surface area contributed by atoms with Crippen LogP contribution in [0.2, 0.25) is 0 Å². The second-order valence-electron chi connectivity index (χ2n) is 7.77. The quantitative estimate of drug-likeness (QED) is 0.289. The highest BCUT2D eigenvalue weighted by Crippen LogP contribution is 2.27. The molecule has 2 rings (SSSR count). The number of aromatic nitrogens is 2. The molecule has 176 valence electrons. The van der Waals surface area contributed by atoms with Gasteiger partial charge < -0.3 is 20.7 Å². The lowest BCUT2D eigenvalue weighted by Crippen LogP contribution is -2.46. The highest BCUT2D eigenvalue weighted by atomic mass is 19.4. The molecule has 0 amide bonds. The summed E-state index contributed by atoms with van der Waals surface area (Å²) in [7, 11) is 0. The maximum atomic E-state index is 12.7. The summed E-state index contributed by atoms with van der Waals surface area (Å²) in [6.45, 7) is 11.9. The molecule has 0 aromatic carbocycles. The molecule has 1 aliphatic rings. The molecule has 1 atom stereocenters. The molecule has 0 saturated carbocycles. The minimum atomic E-state index is -4.49. The summed E-state index contributed by atoms with van der Waals surface area (Å²) in [4.78, 5) is 14.5. The van der Waals surface area contributed by atoms with Crippen molar-refractivity contribution >= 4 is 11.9 Å². The van der Waals surface area contributed by atoms with Crippen molar-refractivity contribution in [2.45, 2.75) is 39.4 Å². The van der Waals surface area contributed by atoms with E-state index >= 15 is 0 Å². The van der Waals surface area contributed by atoms with Crippen LogP contribution < -0.4 is 16.0 Å². The molecule has 1 aliphatic heterocycles. The number of rotatable bonds is 10. The van der Waals surface area contributed by atoms with Crippen LogP contribution in [0.3, 0.4) is 0 Å². The number of morpholine rings is 1.